The van der Waals surface area contributed by atoms with Gasteiger partial charge in [0.05, 0.1) is 0 Å². The minimum absolute atomic E-state index is 0.0143. The summed E-state index contributed by atoms with van der Waals surface area (Å²) in [5.41, 5.74) is 4.78. The van der Waals surface area contributed by atoms with Crippen molar-refractivity contribution in [1.82, 2.24) is 0 Å². The van der Waals surface area contributed by atoms with E-state index in [0.29, 0.717) is 22.4 Å². The summed E-state index contributed by atoms with van der Waals surface area (Å²) in [6.07, 6.45) is 1.53. The molecule has 0 aliphatic carbocycles. The lowest BCUT2D eigenvalue weighted by Crippen LogP contribution is -2.14. The third kappa shape index (κ3) is 3.82. The maximum absolute atomic E-state index is 12.4. The van der Waals surface area contributed by atoms with Crippen molar-refractivity contribution in [2.75, 3.05) is 5.32 Å². The number of rotatable bonds is 3. The maximum atomic E-state index is 12.4. The number of phenolic OH excluding ortho intramolecular Hbond substituents is 1. The van der Waals surface area contributed by atoms with Gasteiger partial charge in [0.1, 0.15) is 17.4 Å². The van der Waals surface area contributed by atoms with E-state index >= 15 is 0 Å². The standard InChI is InChI=1S/C20H20N2O2/c1-12-5-6-13(2)18(7-12)22-20(24)17(11-21)10-16-8-14(3)19(23)15(4)9-16/h5-10,23H,1-4H3,(H,22,24)/b17-10+. The zero-order chi connectivity index (χ0) is 17.9. The Morgan fingerprint density at radius 2 is 1.71 bits per heavy atom. The highest BCUT2D eigenvalue weighted by atomic mass is 16.3. The quantitative estimate of drug-likeness (QED) is 0.658. The van der Waals surface area contributed by atoms with E-state index in [4.69, 9.17) is 0 Å². The third-order valence-electron chi connectivity index (χ3n) is 3.83. The molecular weight excluding hydrogens is 300 g/mol. The summed E-state index contributed by atoms with van der Waals surface area (Å²) in [7, 11) is 0. The van der Waals surface area contributed by atoms with Gasteiger partial charge in [-0.05, 0) is 79.8 Å². The lowest BCUT2D eigenvalue weighted by Gasteiger charge is -2.09. The van der Waals surface area contributed by atoms with Crippen molar-refractivity contribution in [3.8, 4) is 11.8 Å². The fourth-order valence-corrected chi connectivity index (χ4v) is 2.45. The van der Waals surface area contributed by atoms with Crippen LogP contribution >= 0.6 is 0 Å². The number of hydrogen-bond acceptors (Lipinski definition) is 3. The van der Waals surface area contributed by atoms with Crippen molar-refractivity contribution in [3.63, 3.8) is 0 Å². The number of amides is 1. The van der Waals surface area contributed by atoms with Gasteiger partial charge in [0.15, 0.2) is 0 Å². The van der Waals surface area contributed by atoms with Gasteiger partial charge in [0, 0.05) is 5.69 Å². The fraction of sp³-hybridized carbons (Fsp3) is 0.200. The number of carbonyl (C=O) groups is 1. The summed E-state index contributed by atoms with van der Waals surface area (Å²) >= 11 is 0. The Labute approximate surface area is 142 Å². The van der Waals surface area contributed by atoms with Crippen LogP contribution in [-0.4, -0.2) is 11.0 Å². The topological polar surface area (TPSA) is 73.1 Å². The number of hydrogen-bond donors (Lipinski definition) is 2. The summed E-state index contributed by atoms with van der Waals surface area (Å²) in [6, 6.07) is 11.2. The Morgan fingerprint density at radius 1 is 1.08 bits per heavy atom. The normalized spacial score (nSPS) is 11.0. The van der Waals surface area contributed by atoms with Crippen molar-refractivity contribution in [2.24, 2.45) is 0 Å². The Kier molecular flexibility index (Phi) is 5.05. The van der Waals surface area contributed by atoms with Crippen LogP contribution in [0.15, 0.2) is 35.9 Å². The summed E-state index contributed by atoms with van der Waals surface area (Å²) < 4.78 is 0. The van der Waals surface area contributed by atoms with Gasteiger partial charge in [-0.15, -0.1) is 0 Å². The Morgan fingerprint density at radius 3 is 2.29 bits per heavy atom. The van der Waals surface area contributed by atoms with Crippen LogP contribution in [0.4, 0.5) is 5.69 Å². The number of aryl methyl sites for hydroxylation is 4. The molecule has 2 N–H and O–H groups in total. The molecule has 0 saturated heterocycles. The monoisotopic (exact) mass is 320 g/mol. The number of aromatic hydroxyl groups is 1. The number of nitrogens with zero attached hydrogens (tertiary/aromatic N) is 1. The highest BCUT2D eigenvalue weighted by molar-refractivity contribution is 6.10. The Hall–Kier alpha value is -3.06. The van der Waals surface area contributed by atoms with E-state index in [1.807, 2.05) is 38.1 Å². The second kappa shape index (κ2) is 7.01. The van der Waals surface area contributed by atoms with Crippen LogP contribution in [-0.2, 0) is 4.79 Å². The third-order valence-corrected chi connectivity index (χ3v) is 3.83. The average Bonchev–Trinajstić information content (AvgIpc) is 2.53. The van der Waals surface area contributed by atoms with Gasteiger partial charge < -0.3 is 10.4 Å². The lowest BCUT2D eigenvalue weighted by molar-refractivity contribution is -0.112. The van der Waals surface area contributed by atoms with E-state index < -0.39 is 5.91 Å². The first-order chi connectivity index (χ1) is 11.3. The van der Waals surface area contributed by atoms with Crippen LogP contribution in [0.1, 0.15) is 27.8 Å². The van der Waals surface area contributed by atoms with E-state index in [0.717, 1.165) is 11.1 Å². The average molecular weight is 320 g/mol. The zero-order valence-electron chi connectivity index (χ0n) is 14.3. The van der Waals surface area contributed by atoms with Crippen molar-refractivity contribution in [2.45, 2.75) is 27.7 Å². The molecule has 0 aliphatic heterocycles. The summed E-state index contributed by atoms with van der Waals surface area (Å²) in [5.74, 6) is -0.222. The van der Waals surface area contributed by atoms with E-state index in [1.54, 1.807) is 26.0 Å². The molecule has 4 nitrogen and oxygen atoms in total. The molecule has 0 spiro atoms. The fourth-order valence-electron chi connectivity index (χ4n) is 2.45. The van der Waals surface area contributed by atoms with Gasteiger partial charge >= 0.3 is 0 Å². The maximum Gasteiger partial charge on any atom is 0.266 e. The first kappa shape index (κ1) is 17.3. The molecule has 2 aromatic carbocycles. The smallest absolute Gasteiger partial charge is 0.266 e. The Bertz CT molecular complexity index is 851. The number of benzene rings is 2. The molecule has 0 bridgehead atoms. The molecule has 0 unspecified atom stereocenters. The second-order valence-corrected chi connectivity index (χ2v) is 5.95. The van der Waals surface area contributed by atoms with E-state index in [2.05, 4.69) is 5.32 Å². The molecule has 2 aromatic rings. The van der Waals surface area contributed by atoms with Crippen LogP contribution in [0, 0.1) is 39.0 Å². The molecule has 2 rings (SSSR count). The number of carbonyl (C=O) groups excluding carboxylic acids is 1. The first-order valence-electron chi connectivity index (χ1n) is 7.62. The molecule has 0 aliphatic rings. The predicted molar refractivity (Wildman–Crippen MR) is 95.7 cm³/mol. The Balaban J connectivity index is 2.32. The van der Waals surface area contributed by atoms with Crippen molar-refractivity contribution in [1.29, 1.82) is 5.26 Å². The minimum atomic E-state index is -0.449. The van der Waals surface area contributed by atoms with Crippen LogP contribution in [0.3, 0.4) is 0 Å². The van der Waals surface area contributed by atoms with Crippen LogP contribution in [0.2, 0.25) is 0 Å². The number of nitrogens with one attached hydrogen (secondary N) is 1. The minimum Gasteiger partial charge on any atom is -0.507 e. The van der Waals surface area contributed by atoms with Crippen molar-refractivity contribution in [3.05, 3.63) is 63.7 Å². The molecule has 0 radical (unpaired) electrons. The van der Waals surface area contributed by atoms with Crippen molar-refractivity contribution >= 4 is 17.7 Å². The molecular formula is C20H20N2O2. The molecule has 24 heavy (non-hydrogen) atoms. The van der Waals surface area contributed by atoms with Crippen LogP contribution in [0.5, 0.6) is 5.75 Å². The van der Waals surface area contributed by atoms with Crippen LogP contribution in [0.25, 0.3) is 6.08 Å². The molecule has 122 valence electrons. The van der Waals surface area contributed by atoms with E-state index in [-0.39, 0.29) is 11.3 Å². The van der Waals surface area contributed by atoms with Crippen molar-refractivity contribution < 1.29 is 9.90 Å². The van der Waals surface area contributed by atoms with Gasteiger partial charge in [0.2, 0.25) is 0 Å². The number of nitriles is 1. The van der Waals surface area contributed by atoms with Gasteiger partial charge in [0.25, 0.3) is 5.91 Å². The second-order valence-electron chi connectivity index (χ2n) is 5.95. The summed E-state index contributed by atoms with van der Waals surface area (Å²) in [5, 5.41) is 21.9. The van der Waals surface area contributed by atoms with E-state index in [1.165, 1.54) is 6.08 Å². The summed E-state index contributed by atoms with van der Waals surface area (Å²) in [4.78, 5) is 12.4. The van der Waals surface area contributed by atoms with Gasteiger partial charge in [-0.1, -0.05) is 12.1 Å². The number of phenols is 1. The molecule has 0 heterocycles. The highest BCUT2D eigenvalue weighted by Gasteiger charge is 2.12. The van der Waals surface area contributed by atoms with Gasteiger partial charge in [-0.25, -0.2) is 0 Å². The molecule has 4 heteroatoms. The molecule has 0 saturated carbocycles. The highest BCUT2D eigenvalue weighted by Crippen LogP contribution is 2.24. The lowest BCUT2D eigenvalue weighted by atomic mass is 10.0. The molecule has 0 aromatic heterocycles. The molecule has 0 atom stereocenters. The first-order valence-corrected chi connectivity index (χ1v) is 7.62. The zero-order valence-corrected chi connectivity index (χ0v) is 14.3. The van der Waals surface area contributed by atoms with Crippen LogP contribution < -0.4 is 5.32 Å². The summed E-state index contributed by atoms with van der Waals surface area (Å²) in [6.45, 7) is 7.40. The largest absolute Gasteiger partial charge is 0.507 e. The van der Waals surface area contributed by atoms with E-state index in [9.17, 15) is 15.2 Å². The van der Waals surface area contributed by atoms with Gasteiger partial charge in [-0.2, -0.15) is 5.26 Å². The predicted octanol–water partition coefficient (Wildman–Crippen LogP) is 4.17. The SMILES string of the molecule is Cc1ccc(C)c(NC(=O)/C(C#N)=C/c2cc(C)c(O)c(C)c2)c1. The number of anilines is 1. The van der Waals surface area contributed by atoms with Gasteiger partial charge in [-0.3, -0.25) is 4.79 Å². The molecule has 1 amide bonds. The molecule has 0 fully saturated rings.